The highest BCUT2D eigenvalue weighted by molar-refractivity contribution is 7.17. The molecule has 0 radical (unpaired) electrons. The molecule has 1 aromatic heterocycles. The molecule has 1 aliphatic heterocycles. The number of thiophene rings is 1. The van der Waals surface area contributed by atoms with E-state index in [2.05, 4.69) is 24.2 Å². The monoisotopic (exact) mass is 415 g/mol. The van der Waals surface area contributed by atoms with Crippen LogP contribution in [0.25, 0.3) is 0 Å². The van der Waals surface area contributed by atoms with Gasteiger partial charge in [-0.1, -0.05) is 19.1 Å². The second kappa shape index (κ2) is 8.24. The van der Waals surface area contributed by atoms with E-state index in [1.165, 1.54) is 28.3 Å². The third kappa shape index (κ3) is 4.07. The molecule has 0 unspecified atom stereocenters. The summed E-state index contributed by atoms with van der Waals surface area (Å²) in [5.74, 6) is -0.536. The Morgan fingerprint density at radius 2 is 1.90 bits per heavy atom. The molecule has 1 aliphatic carbocycles. The van der Waals surface area contributed by atoms with Gasteiger partial charge in [0, 0.05) is 31.1 Å². The molecule has 2 aliphatic rings. The number of hydrogen-bond donors (Lipinski definition) is 1. The average Bonchev–Trinajstić information content (AvgIpc) is 3.05. The van der Waals surface area contributed by atoms with Gasteiger partial charge in [0.05, 0.1) is 11.1 Å². The van der Waals surface area contributed by atoms with Gasteiger partial charge in [0.1, 0.15) is 10.8 Å². The average molecular weight is 416 g/mol. The van der Waals surface area contributed by atoms with Crippen LogP contribution in [-0.2, 0) is 12.8 Å². The third-order valence-corrected chi connectivity index (χ3v) is 7.03. The molecule has 29 heavy (non-hydrogen) atoms. The Balaban J connectivity index is 1.67. The summed E-state index contributed by atoms with van der Waals surface area (Å²) in [5, 5.41) is 3.41. The third-order valence-electron chi connectivity index (χ3n) is 5.86. The molecular weight excluding hydrogens is 389 g/mol. The normalized spacial score (nSPS) is 19.7. The van der Waals surface area contributed by atoms with Gasteiger partial charge in [-0.3, -0.25) is 9.59 Å². The summed E-state index contributed by atoms with van der Waals surface area (Å²) >= 11 is 1.48. The Morgan fingerprint density at radius 1 is 1.17 bits per heavy atom. The fraction of sp³-hybridized carbons (Fsp3) is 0.455. The van der Waals surface area contributed by atoms with Crippen molar-refractivity contribution < 1.29 is 14.0 Å². The highest BCUT2D eigenvalue weighted by Crippen LogP contribution is 2.40. The van der Waals surface area contributed by atoms with E-state index in [1.807, 2.05) is 4.90 Å². The van der Waals surface area contributed by atoms with Crippen LogP contribution in [0.15, 0.2) is 24.3 Å². The Morgan fingerprint density at radius 3 is 2.62 bits per heavy atom. The quantitative estimate of drug-likeness (QED) is 0.833. The van der Waals surface area contributed by atoms with Crippen molar-refractivity contribution in [2.75, 3.05) is 38.5 Å². The van der Waals surface area contributed by atoms with Crippen LogP contribution in [0.4, 0.5) is 9.39 Å². The molecule has 1 saturated heterocycles. The van der Waals surface area contributed by atoms with Crippen LogP contribution < -0.4 is 5.32 Å². The van der Waals surface area contributed by atoms with Crippen molar-refractivity contribution in [2.45, 2.75) is 26.2 Å². The zero-order chi connectivity index (χ0) is 20.5. The van der Waals surface area contributed by atoms with Gasteiger partial charge in [-0.05, 0) is 49.9 Å². The van der Waals surface area contributed by atoms with Crippen molar-refractivity contribution in [3.63, 3.8) is 0 Å². The number of carbonyl (C=O) groups excluding carboxylic acids is 2. The van der Waals surface area contributed by atoms with Gasteiger partial charge in [-0.2, -0.15) is 0 Å². The Hall–Kier alpha value is -2.25. The molecule has 154 valence electrons. The minimum atomic E-state index is -0.563. The van der Waals surface area contributed by atoms with Crippen LogP contribution in [0.5, 0.6) is 0 Å². The van der Waals surface area contributed by atoms with Crippen molar-refractivity contribution in [2.24, 2.45) is 5.92 Å². The molecular formula is C22H26FN3O2S. The fourth-order valence-electron chi connectivity index (χ4n) is 4.05. The maximum atomic E-state index is 14.1. The lowest BCUT2D eigenvalue weighted by Gasteiger charge is -2.33. The van der Waals surface area contributed by atoms with Crippen LogP contribution in [0, 0.1) is 11.7 Å². The predicted octanol–water partition coefficient (Wildman–Crippen LogP) is 3.65. The van der Waals surface area contributed by atoms with Crippen LogP contribution in [0.3, 0.4) is 0 Å². The minimum Gasteiger partial charge on any atom is -0.336 e. The Kier molecular flexibility index (Phi) is 5.69. The predicted molar refractivity (Wildman–Crippen MR) is 113 cm³/mol. The number of anilines is 1. The molecule has 0 saturated carbocycles. The number of piperazine rings is 1. The number of benzene rings is 1. The number of nitrogens with zero attached hydrogens (tertiary/aromatic N) is 2. The van der Waals surface area contributed by atoms with Crippen LogP contribution >= 0.6 is 11.3 Å². The molecule has 0 bridgehead atoms. The van der Waals surface area contributed by atoms with E-state index >= 15 is 0 Å². The van der Waals surface area contributed by atoms with E-state index in [0.717, 1.165) is 37.9 Å². The van der Waals surface area contributed by atoms with Gasteiger partial charge in [-0.25, -0.2) is 4.39 Å². The van der Waals surface area contributed by atoms with Crippen molar-refractivity contribution in [1.29, 1.82) is 0 Å². The summed E-state index contributed by atoms with van der Waals surface area (Å²) in [6, 6.07) is 5.92. The fourth-order valence-corrected chi connectivity index (χ4v) is 5.45. The topological polar surface area (TPSA) is 52.7 Å². The molecule has 4 rings (SSSR count). The van der Waals surface area contributed by atoms with Gasteiger partial charge in [0.2, 0.25) is 0 Å². The van der Waals surface area contributed by atoms with Crippen LogP contribution in [-0.4, -0.2) is 54.8 Å². The number of halogens is 1. The largest absolute Gasteiger partial charge is 0.336 e. The lowest BCUT2D eigenvalue weighted by Crippen LogP contribution is -2.47. The van der Waals surface area contributed by atoms with E-state index in [1.54, 1.807) is 12.1 Å². The highest BCUT2D eigenvalue weighted by atomic mass is 32.1. The molecule has 1 aromatic carbocycles. The molecule has 5 nitrogen and oxygen atoms in total. The zero-order valence-corrected chi connectivity index (χ0v) is 17.7. The Bertz CT molecular complexity index is 934. The molecule has 2 amide bonds. The summed E-state index contributed by atoms with van der Waals surface area (Å²) in [7, 11) is 2.05. The number of amides is 2. The van der Waals surface area contributed by atoms with Gasteiger partial charge in [-0.15, -0.1) is 11.3 Å². The molecule has 7 heteroatoms. The smallest absolute Gasteiger partial charge is 0.259 e. The summed E-state index contributed by atoms with van der Waals surface area (Å²) < 4.78 is 14.1. The van der Waals surface area contributed by atoms with Gasteiger partial charge in [0.25, 0.3) is 11.8 Å². The molecule has 0 spiro atoms. The highest BCUT2D eigenvalue weighted by Gasteiger charge is 2.32. The molecule has 1 N–H and O–H groups in total. The van der Waals surface area contributed by atoms with Gasteiger partial charge < -0.3 is 15.1 Å². The maximum Gasteiger partial charge on any atom is 0.259 e. The van der Waals surface area contributed by atoms with Crippen LogP contribution in [0.1, 0.15) is 44.5 Å². The first kappa shape index (κ1) is 20.0. The number of fused-ring (bicyclic) bond motifs is 1. The number of rotatable bonds is 3. The van der Waals surface area contributed by atoms with E-state index in [0.29, 0.717) is 29.6 Å². The zero-order valence-electron chi connectivity index (χ0n) is 16.8. The molecule has 2 aromatic rings. The Labute approximate surface area is 174 Å². The minimum absolute atomic E-state index is 0.00904. The van der Waals surface area contributed by atoms with Crippen molar-refractivity contribution in [1.82, 2.24) is 9.80 Å². The second-order valence-corrected chi connectivity index (χ2v) is 9.19. The van der Waals surface area contributed by atoms with Gasteiger partial charge >= 0.3 is 0 Å². The number of likely N-dealkylation sites (N-methyl/N-ethyl adjacent to an activating group) is 1. The molecule has 2 heterocycles. The molecule has 1 fully saturated rings. The van der Waals surface area contributed by atoms with E-state index in [9.17, 15) is 14.0 Å². The summed E-state index contributed by atoms with van der Waals surface area (Å²) in [4.78, 5) is 31.4. The van der Waals surface area contributed by atoms with Crippen molar-refractivity contribution in [3.05, 3.63) is 51.7 Å². The lowest BCUT2D eigenvalue weighted by atomic mass is 9.88. The van der Waals surface area contributed by atoms with Crippen LogP contribution in [0.2, 0.25) is 0 Å². The van der Waals surface area contributed by atoms with Crippen molar-refractivity contribution >= 4 is 28.2 Å². The summed E-state index contributed by atoms with van der Waals surface area (Å²) in [6.07, 6.45) is 2.80. The number of hydrogen-bond acceptors (Lipinski definition) is 4. The number of nitrogens with one attached hydrogen (secondary N) is 1. The second-order valence-electron chi connectivity index (χ2n) is 8.09. The van der Waals surface area contributed by atoms with E-state index < -0.39 is 11.7 Å². The lowest BCUT2D eigenvalue weighted by molar-refractivity contribution is 0.0664. The van der Waals surface area contributed by atoms with E-state index in [4.69, 9.17) is 0 Å². The first-order valence-electron chi connectivity index (χ1n) is 10.1. The maximum absolute atomic E-state index is 14.1. The molecule has 1 atom stereocenters. The van der Waals surface area contributed by atoms with Gasteiger partial charge in [0.15, 0.2) is 0 Å². The standard InChI is InChI=1S/C22H26FN3O2S/c1-14-7-8-16-18(13-14)29-21(24-20(27)15-5-3-4-6-17(15)23)19(16)22(28)26-11-9-25(2)10-12-26/h3-6,14H,7-13H2,1-2H3,(H,24,27)/t14-/m1/s1. The summed E-state index contributed by atoms with van der Waals surface area (Å²) in [5.41, 5.74) is 1.68. The summed E-state index contributed by atoms with van der Waals surface area (Å²) in [6.45, 7) is 5.24. The van der Waals surface area contributed by atoms with Crippen molar-refractivity contribution in [3.8, 4) is 0 Å². The first-order chi connectivity index (χ1) is 13.9. The first-order valence-corrected chi connectivity index (χ1v) is 10.9. The van der Waals surface area contributed by atoms with E-state index in [-0.39, 0.29) is 11.5 Å². The number of carbonyl (C=O) groups is 2. The SMILES string of the molecule is C[C@@H]1CCc2c(sc(NC(=O)c3ccccc3F)c2C(=O)N2CCN(C)CC2)C1.